The molecule has 0 amide bonds. The van der Waals surface area contributed by atoms with Crippen molar-refractivity contribution in [2.45, 2.75) is 46.2 Å². The van der Waals surface area contributed by atoms with Crippen LogP contribution in [-0.2, 0) is 6.54 Å². The first kappa shape index (κ1) is 24.4. The van der Waals surface area contributed by atoms with Gasteiger partial charge in [0.15, 0.2) is 0 Å². The third-order valence-electron chi connectivity index (χ3n) is 7.82. The van der Waals surface area contributed by atoms with Gasteiger partial charge in [0.05, 0.1) is 37.1 Å². The van der Waals surface area contributed by atoms with E-state index in [1.54, 1.807) is 7.11 Å². The fraction of sp³-hybridized carbons (Fsp3) is 0.323. The van der Waals surface area contributed by atoms with E-state index < -0.39 is 0 Å². The molecule has 1 N–H and O–H groups in total. The number of benzene rings is 2. The Morgan fingerprint density at radius 2 is 1.76 bits per heavy atom. The number of fused-ring (bicyclic) bond motifs is 1. The normalized spacial score (nSPS) is 14.3. The Labute approximate surface area is 223 Å². The van der Waals surface area contributed by atoms with Crippen LogP contribution in [-0.4, -0.2) is 44.7 Å². The van der Waals surface area contributed by atoms with Crippen LogP contribution in [0, 0.1) is 20.8 Å². The van der Waals surface area contributed by atoms with Gasteiger partial charge in [0.2, 0.25) is 0 Å². The maximum Gasteiger partial charge on any atom is 0.122 e. The summed E-state index contributed by atoms with van der Waals surface area (Å²) in [6.45, 7) is 9.17. The molecule has 1 aliphatic heterocycles. The molecule has 2 aromatic carbocycles. The highest BCUT2D eigenvalue weighted by molar-refractivity contribution is 5.92. The fourth-order valence-corrected chi connectivity index (χ4v) is 5.42. The zero-order valence-electron chi connectivity index (χ0n) is 22.5. The molecule has 0 bridgehead atoms. The molecule has 7 nitrogen and oxygen atoms in total. The first-order valence-corrected chi connectivity index (χ1v) is 13.3. The van der Waals surface area contributed by atoms with Gasteiger partial charge in [-0.15, -0.1) is 0 Å². The summed E-state index contributed by atoms with van der Waals surface area (Å²) in [5, 5.41) is 13.3. The van der Waals surface area contributed by atoms with Crippen LogP contribution in [0.5, 0.6) is 5.75 Å². The fourth-order valence-electron chi connectivity index (χ4n) is 5.42. The zero-order chi connectivity index (χ0) is 26.2. The highest BCUT2D eigenvalue weighted by Gasteiger charge is 2.21. The number of nitrogens with one attached hydrogen (secondary N) is 1. The second-order valence-electron chi connectivity index (χ2n) is 10.3. The largest absolute Gasteiger partial charge is 0.497 e. The highest BCUT2D eigenvalue weighted by atomic mass is 16.5. The van der Waals surface area contributed by atoms with Gasteiger partial charge in [0, 0.05) is 17.3 Å². The molecule has 0 radical (unpaired) electrons. The van der Waals surface area contributed by atoms with Crippen LogP contribution in [0.3, 0.4) is 0 Å². The van der Waals surface area contributed by atoms with Crippen LogP contribution < -0.4 is 10.1 Å². The molecule has 1 aliphatic rings. The number of methoxy groups -OCH3 is 1. The molecular formula is C31H34N6O. The second-order valence-corrected chi connectivity index (χ2v) is 10.3. The van der Waals surface area contributed by atoms with Crippen LogP contribution in [0.1, 0.15) is 41.1 Å². The summed E-state index contributed by atoms with van der Waals surface area (Å²) >= 11 is 0. The molecule has 0 spiro atoms. The van der Waals surface area contributed by atoms with Crippen LogP contribution in [0.15, 0.2) is 60.9 Å². The SMILES string of the molecule is COc1ccc(Cn2nc(-c3cnn(C4CCNCC4)c3)c3nc(-c4cccc(C)c4C)c(C)cc32)cc1. The number of aromatic nitrogens is 5. The standard InChI is InChI=1S/C31H34N6O/c1-20-6-5-7-27(22(20)3)29-21(2)16-28-31(34-29)30(24-17-33-36(19-24)25-12-14-32-15-13-25)35-37(28)18-23-8-10-26(38-4)11-9-23/h5-11,16-17,19,25,32H,12-15,18H2,1-4H3. The molecule has 3 aromatic heterocycles. The van der Waals surface area contributed by atoms with E-state index >= 15 is 0 Å². The zero-order valence-corrected chi connectivity index (χ0v) is 22.5. The van der Waals surface area contributed by atoms with Crippen LogP contribution >= 0.6 is 0 Å². The molecule has 194 valence electrons. The van der Waals surface area contributed by atoms with Gasteiger partial charge in [-0.1, -0.05) is 30.3 Å². The number of rotatable bonds is 6. The number of ether oxygens (including phenoxy) is 1. The number of hydrogen-bond acceptors (Lipinski definition) is 5. The Hall–Kier alpha value is -3.97. The molecule has 1 saturated heterocycles. The molecule has 0 atom stereocenters. The smallest absolute Gasteiger partial charge is 0.122 e. The van der Waals surface area contributed by atoms with Crippen LogP contribution in [0.25, 0.3) is 33.5 Å². The maximum absolute atomic E-state index is 5.35. The summed E-state index contributed by atoms with van der Waals surface area (Å²) in [5.41, 5.74) is 10.8. The van der Waals surface area contributed by atoms with Gasteiger partial charge in [0.25, 0.3) is 0 Å². The Morgan fingerprint density at radius 1 is 0.974 bits per heavy atom. The van der Waals surface area contributed by atoms with Crippen molar-refractivity contribution in [3.63, 3.8) is 0 Å². The Kier molecular flexibility index (Phi) is 6.45. The quantitative estimate of drug-likeness (QED) is 0.312. The molecule has 7 heteroatoms. The van der Waals surface area contributed by atoms with Crippen molar-refractivity contribution in [3.05, 3.63) is 83.2 Å². The molecule has 1 fully saturated rings. The van der Waals surface area contributed by atoms with E-state index in [4.69, 9.17) is 19.9 Å². The van der Waals surface area contributed by atoms with Crippen molar-refractivity contribution in [3.8, 4) is 28.3 Å². The molecule has 5 aromatic rings. The van der Waals surface area contributed by atoms with Crippen molar-refractivity contribution in [1.82, 2.24) is 29.9 Å². The topological polar surface area (TPSA) is 69.8 Å². The second kappa shape index (κ2) is 10.1. The van der Waals surface area contributed by atoms with Gasteiger partial charge < -0.3 is 10.1 Å². The monoisotopic (exact) mass is 506 g/mol. The maximum atomic E-state index is 5.35. The molecule has 0 unspecified atom stereocenters. The summed E-state index contributed by atoms with van der Waals surface area (Å²) in [6.07, 6.45) is 6.26. The van der Waals surface area contributed by atoms with Gasteiger partial charge in [-0.2, -0.15) is 10.2 Å². The van der Waals surface area contributed by atoms with E-state index in [9.17, 15) is 0 Å². The van der Waals surface area contributed by atoms with Crippen LogP contribution in [0.4, 0.5) is 0 Å². The lowest BCUT2D eigenvalue weighted by Gasteiger charge is -2.22. The van der Waals surface area contributed by atoms with E-state index in [0.717, 1.165) is 70.8 Å². The van der Waals surface area contributed by atoms with Gasteiger partial charge >= 0.3 is 0 Å². The molecule has 0 aliphatic carbocycles. The lowest BCUT2D eigenvalue weighted by molar-refractivity contribution is 0.343. The predicted molar refractivity (Wildman–Crippen MR) is 152 cm³/mol. The van der Waals surface area contributed by atoms with Gasteiger partial charge in [-0.25, -0.2) is 4.98 Å². The summed E-state index contributed by atoms with van der Waals surface area (Å²) in [6, 6.07) is 17.2. The van der Waals surface area contributed by atoms with E-state index in [2.05, 4.69) is 78.0 Å². The van der Waals surface area contributed by atoms with E-state index in [1.807, 2.05) is 18.3 Å². The first-order valence-electron chi connectivity index (χ1n) is 13.3. The summed E-state index contributed by atoms with van der Waals surface area (Å²) < 4.78 is 9.53. The van der Waals surface area contributed by atoms with Crippen molar-refractivity contribution in [2.75, 3.05) is 20.2 Å². The first-order chi connectivity index (χ1) is 18.5. The number of hydrogen-bond donors (Lipinski definition) is 1. The van der Waals surface area contributed by atoms with Crippen molar-refractivity contribution >= 4 is 11.0 Å². The molecule has 4 heterocycles. The Balaban J connectivity index is 1.49. The molecule has 6 rings (SSSR count). The van der Waals surface area contributed by atoms with Gasteiger partial charge in [-0.05, 0) is 87.2 Å². The summed E-state index contributed by atoms with van der Waals surface area (Å²) in [7, 11) is 1.69. The van der Waals surface area contributed by atoms with Gasteiger partial charge in [0.1, 0.15) is 17.0 Å². The Bertz CT molecular complexity index is 1590. The minimum atomic E-state index is 0.415. The third-order valence-corrected chi connectivity index (χ3v) is 7.82. The number of nitrogens with zero attached hydrogens (tertiary/aromatic N) is 5. The van der Waals surface area contributed by atoms with E-state index in [0.29, 0.717) is 12.6 Å². The van der Waals surface area contributed by atoms with Crippen molar-refractivity contribution in [1.29, 1.82) is 0 Å². The van der Waals surface area contributed by atoms with Crippen molar-refractivity contribution < 1.29 is 4.74 Å². The third kappa shape index (κ3) is 4.47. The predicted octanol–water partition coefficient (Wildman–Crippen LogP) is 5.87. The highest BCUT2D eigenvalue weighted by Crippen LogP contribution is 2.34. The van der Waals surface area contributed by atoms with E-state index in [1.165, 1.54) is 16.7 Å². The average molecular weight is 507 g/mol. The number of aryl methyl sites for hydroxylation is 2. The molecular weight excluding hydrogens is 472 g/mol. The average Bonchev–Trinajstić information content (AvgIpc) is 3.56. The van der Waals surface area contributed by atoms with Gasteiger partial charge in [-0.3, -0.25) is 9.36 Å². The lowest BCUT2D eigenvalue weighted by Crippen LogP contribution is -2.29. The van der Waals surface area contributed by atoms with E-state index in [-0.39, 0.29) is 0 Å². The summed E-state index contributed by atoms with van der Waals surface area (Å²) in [4.78, 5) is 5.28. The molecule has 38 heavy (non-hydrogen) atoms. The molecule has 0 saturated carbocycles. The van der Waals surface area contributed by atoms with Crippen LogP contribution in [0.2, 0.25) is 0 Å². The minimum absolute atomic E-state index is 0.415. The van der Waals surface area contributed by atoms with Crippen molar-refractivity contribution in [2.24, 2.45) is 0 Å². The minimum Gasteiger partial charge on any atom is -0.497 e. The lowest BCUT2D eigenvalue weighted by atomic mass is 9.97. The Morgan fingerprint density at radius 3 is 2.53 bits per heavy atom. The number of pyridine rings is 1. The number of piperidine rings is 1. The summed E-state index contributed by atoms with van der Waals surface area (Å²) in [5.74, 6) is 0.848.